The highest BCUT2D eigenvalue weighted by Crippen LogP contribution is 2.40. The van der Waals surface area contributed by atoms with Crippen LogP contribution in [-0.2, 0) is 70.9 Å². The molecule has 2 aliphatic rings. The first kappa shape index (κ1) is 51.1. The maximum Gasteiger partial charge on any atom is 0.126 e. The average Bonchev–Trinajstić information content (AvgIpc) is 3.44. The number of rotatable bonds is 9. The van der Waals surface area contributed by atoms with E-state index in [1.807, 2.05) is 18.2 Å². The number of fused-ring (bicyclic) bond motifs is 4. The molecular formula is C66H66O9. The third-order valence-electron chi connectivity index (χ3n) is 13.5. The van der Waals surface area contributed by atoms with Gasteiger partial charge in [0.2, 0.25) is 0 Å². The summed E-state index contributed by atoms with van der Waals surface area (Å²) in [6.07, 6.45) is 2.84. The zero-order valence-electron chi connectivity index (χ0n) is 42.7. The van der Waals surface area contributed by atoms with Crippen LogP contribution in [0.15, 0.2) is 182 Å². The Kier molecular flexibility index (Phi) is 18.2. The molecule has 0 fully saturated rings. The Morgan fingerprint density at radius 3 is 0.733 bits per heavy atom. The first-order chi connectivity index (χ1) is 37.2. The molecule has 0 amide bonds. The Labute approximate surface area is 441 Å². The van der Waals surface area contributed by atoms with Crippen molar-refractivity contribution in [3.8, 4) is 28.7 Å². The van der Waals surface area contributed by atoms with Crippen LogP contribution in [0.4, 0.5) is 0 Å². The van der Waals surface area contributed by atoms with Crippen LogP contribution in [-0.4, -0.2) is 66.1 Å². The van der Waals surface area contributed by atoms with Gasteiger partial charge < -0.3 is 42.6 Å². The summed E-state index contributed by atoms with van der Waals surface area (Å²) >= 11 is 0. The van der Waals surface area contributed by atoms with E-state index in [1.54, 1.807) is 0 Å². The molecule has 75 heavy (non-hydrogen) atoms. The van der Waals surface area contributed by atoms with Crippen LogP contribution >= 0.6 is 0 Å². The highest BCUT2D eigenvalue weighted by molar-refractivity contribution is 5.57. The van der Waals surface area contributed by atoms with E-state index in [0.29, 0.717) is 118 Å². The zero-order chi connectivity index (χ0) is 50.7. The largest absolute Gasteiger partial charge is 0.491 e. The molecule has 8 aromatic carbocycles. The molecule has 0 radical (unpaired) electrons. The summed E-state index contributed by atoms with van der Waals surface area (Å²) in [6, 6.07) is 63.6. The molecule has 0 spiro atoms. The van der Waals surface area contributed by atoms with Gasteiger partial charge in [-0.15, -0.1) is 0 Å². The molecule has 0 aromatic heterocycles. The third kappa shape index (κ3) is 14.1. The van der Waals surface area contributed by atoms with Gasteiger partial charge in [-0.3, -0.25) is 0 Å². The summed E-state index contributed by atoms with van der Waals surface area (Å²) in [5.41, 5.74) is 13.8. The molecule has 12 bridgehead atoms. The second kappa shape index (κ2) is 26.7. The molecule has 0 saturated heterocycles. The van der Waals surface area contributed by atoms with Crippen molar-refractivity contribution in [2.24, 2.45) is 0 Å². The molecule has 9 nitrogen and oxygen atoms in total. The minimum Gasteiger partial charge on any atom is -0.491 e. The van der Waals surface area contributed by atoms with E-state index >= 15 is 0 Å². The Balaban J connectivity index is 1.15. The standard InChI is InChI=1S/C66H66O9/c1-4-15-49(16-5-1)46-73-64-56-25-12-26-57(64)42-53-22-11-24-55-44-59-28-14-30-61(66(59)75-48-51-19-8-3-9-20-51)45-60-29-13-27-58(65(60)74-47-50-17-6-2-7-18-50)43-54-23-10-21-52(41-56)62(54)71-39-37-69-35-33-67-31-32-68-34-36-70-38-40-72-63(53)55/h1-30H,31-48H2. The average molecular weight is 1000 g/mol. The fourth-order valence-electron chi connectivity index (χ4n) is 9.89. The van der Waals surface area contributed by atoms with Crippen molar-refractivity contribution in [1.82, 2.24) is 0 Å². The van der Waals surface area contributed by atoms with Crippen LogP contribution in [0.2, 0.25) is 0 Å². The van der Waals surface area contributed by atoms with E-state index < -0.39 is 0 Å². The monoisotopic (exact) mass is 1000 g/mol. The normalized spacial score (nSPS) is 14.8. The van der Waals surface area contributed by atoms with Crippen molar-refractivity contribution in [2.75, 3.05) is 66.1 Å². The van der Waals surface area contributed by atoms with Gasteiger partial charge in [0.15, 0.2) is 0 Å². The molecule has 0 atom stereocenters. The van der Waals surface area contributed by atoms with Crippen LogP contribution in [0, 0.1) is 0 Å². The summed E-state index contributed by atoms with van der Waals surface area (Å²) in [7, 11) is 0. The van der Waals surface area contributed by atoms with E-state index in [9.17, 15) is 0 Å². The fourth-order valence-corrected chi connectivity index (χ4v) is 9.89. The minimum atomic E-state index is 0.350. The van der Waals surface area contributed by atoms with Crippen molar-refractivity contribution in [1.29, 1.82) is 0 Å². The van der Waals surface area contributed by atoms with Crippen LogP contribution in [0.25, 0.3) is 0 Å². The molecule has 1 aliphatic carbocycles. The molecular weight excluding hydrogens is 937 g/mol. The van der Waals surface area contributed by atoms with E-state index in [2.05, 4.69) is 164 Å². The molecule has 9 heteroatoms. The Hall–Kier alpha value is -7.40. The van der Waals surface area contributed by atoms with Crippen molar-refractivity contribution in [3.63, 3.8) is 0 Å². The van der Waals surface area contributed by atoms with Crippen LogP contribution < -0.4 is 23.7 Å². The maximum atomic E-state index is 7.02. The van der Waals surface area contributed by atoms with E-state index in [0.717, 1.165) is 101 Å². The first-order valence-corrected chi connectivity index (χ1v) is 26.3. The lowest BCUT2D eigenvalue weighted by atomic mass is 9.91. The molecule has 1 aliphatic heterocycles. The summed E-state index contributed by atoms with van der Waals surface area (Å²) in [6.45, 7) is 5.44. The van der Waals surface area contributed by atoms with E-state index in [-0.39, 0.29) is 0 Å². The Morgan fingerprint density at radius 2 is 0.467 bits per heavy atom. The number of benzene rings is 8. The lowest BCUT2D eigenvalue weighted by Gasteiger charge is -2.23. The van der Waals surface area contributed by atoms with Gasteiger partial charge in [-0.2, -0.15) is 0 Å². The number of hydrogen-bond acceptors (Lipinski definition) is 9. The quantitative estimate of drug-likeness (QED) is 0.140. The molecule has 10 rings (SSSR count). The molecule has 384 valence electrons. The van der Waals surface area contributed by atoms with Gasteiger partial charge in [0, 0.05) is 32.1 Å². The summed E-state index contributed by atoms with van der Waals surface area (Å²) in [5.74, 6) is 4.18. The highest BCUT2D eigenvalue weighted by Gasteiger charge is 2.23. The maximum absolute atomic E-state index is 7.02. The van der Waals surface area contributed by atoms with Gasteiger partial charge >= 0.3 is 0 Å². The molecule has 1 heterocycles. The SMILES string of the molecule is c1ccc(COc2c3cccc2Cc2cccc4c2OCCOCCOCCOCCOCCOc2c(cccc2Cc2cccc(c2OCc2ccccc2)Cc2cccc(c2OCc2ccccc2)C4)C3)cc1. The topological polar surface area (TPSA) is 83.1 Å². The first-order valence-electron chi connectivity index (χ1n) is 26.3. The Bertz CT molecular complexity index is 2870. The van der Waals surface area contributed by atoms with E-state index in [4.69, 9.17) is 42.6 Å². The minimum absolute atomic E-state index is 0.350. The van der Waals surface area contributed by atoms with Crippen LogP contribution in [0.3, 0.4) is 0 Å². The molecule has 0 N–H and O–H groups in total. The lowest BCUT2D eigenvalue weighted by molar-refractivity contribution is -0.00706. The van der Waals surface area contributed by atoms with Crippen molar-refractivity contribution in [3.05, 3.63) is 254 Å². The van der Waals surface area contributed by atoms with Crippen molar-refractivity contribution < 1.29 is 42.6 Å². The van der Waals surface area contributed by atoms with Gasteiger partial charge in [-0.05, 0) is 72.3 Å². The fraction of sp³-hybridized carbons (Fsp3) is 0.273. The molecule has 0 unspecified atom stereocenters. The lowest BCUT2D eigenvalue weighted by Crippen LogP contribution is -2.15. The second-order valence-corrected chi connectivity index (χ2v) is 18.9. The van der Waals surface area contributed by atoms with Gasteiger partial charge in [0.05, 0.1) is 52.9 Å². The number of para-hydroxylation sites is 5. The number of ether oxygens (including phenoxy) is 9. The summed E-state index contributed by atoms with van der Waals surface area (Å²) in [5, 5.41) is 0. The smallest absolute Gasteiger partial charge is 0.126 e. The molecule has 0 saturated carbocycles. The predicted molar refractivity (Wildman–Crippen MR) is 293 cm³/mol. The van der Waals surface area contributed by atoms with Crippen LogP contribution in [0.1, 0.15) is 72.3 Å². The summed E-state index contributed by atoms with van der Waals surface area (Å²) in [4.78, 5) is 0. The van der Waals surface area contributed by atoms with Gasteiger partial charge in [-0.25, -0.2) is 0 Å². The zero-order valence-corrected chi connectivity index (χ0v) is 42.7. The summed E-state index contributed by atoms with van der Waals surface area (Å²) < 4.78 is 58.7. The second-order valence-electron chi connectivity index (χ2n) is 18.9. The third-order valence-corrected chi connectivity index (χ3v) is 13.5. The van der Waals surface area contributed by atoms with Crippen LogP contribution in [0.5, 0.6) is 28.7 Å². The van der Waals surface area contributed by atoms with E-state index in [1.165, 1.54) is 0 Å². The highest BCUT2D eigenvalue weighted by atomic mass is 16.6. The predicted octanol–water partition coefficient (Wildman–Crippen LogP) is 12.5. The van der Waals surface area contributed by atoms with Crippen molar-refractivity contribution in [2.45, 2.75) is 51.9 Å². The van der Waals surface area contributed by atoms with Gasteiger partial charge in [0.25, 0.3) is 0 Å². The van der Waals surface area contributed by atoms with Gasteiger partial charge in [0.1, 0.15) is 61.8 Å². The molecule has 8 aromatic rings. The number of hydrogen-bond donors (Lipinski definition) is 0. The van der Waals surface area contributed by atoms with Crippen molar-refractivity contribution >= 4 is 0 Å². The Morgan fingerprint density at radius 1 is 0.240 bits per heavy atom. The van der Waals surface area contributed by atoms with Gasteiger partial charge in [-0.1, -0.05) is 182 Å².